The highest BCUT2D eigenvalue weighted by Gasteiger charge is 2.38. The van der Waals surface area contributed by atoms with Gasteiger partial charge in [0, 0.05) is 27.8 Å². The second kappa shape index (κ2) is 12.1. The van der Waals surface area contributed by atoms with Gasteiger partial charge >= 0.3 is 12.1 Å². The molecular formula is C25H28Cl2N2O6S. The Hall–Kier alpha value is -2.62. The molecule has 1 saturated heterocycles. The van der Waals surface area contributed by atoms with Crippen molar-refractivity contribution in [1.82, 2.24) is 10.2 Å². The van der Waals surface area contributed by atoms with Gasteiger partial charge in [0.1, 0.15) is 30.0 Å². The van der Waals surface area contributed by atoms with E-state index in [4.69, 9.17) is 32.7 Å². The third-order valence-electron chi connectivity index (χ3n) is 5.24. The van der Waals surface area contributed by atoms with Gasteiger partial charge in [-0.15, -0.1) is 11.8 Å². The van der Waals surface area contributed by atoms with Crippen LogP contribution in [0, 0.1) is 0 Å². The molecule has 2 amide bonds. The van der Waals surface area contributed by atoms with Crippen LogP contribution in [-0.2, 0) is 27.4 Å². The number of carbonyl (C=O) groups excluding carboxylic acids is 2. The highest BCUT2D eigenvalue weighted by atomic mass is 35.5. The molecule has 0 unspecified atom stereocenters. The largest absolute Gasteiger partial charge is 0.489 e. The van der Waals surface area contributed by atoms with E-state index >= 15 is 0 Å². The van der Waals surface area contributed by atoms with E-state index in [1.54, 1.807) is 63.2 Å². The number of carboxylic acids is 1. The predicted molar refractivity (Wildman–Crippen MR) is 140 cm³/mol. The number of rotatable bonds is 8. The van der Waals surface area contributed by atoms with Crippen LogP contribution in [0.1, 0.15) is 31.9 Å². The van der Waals surface area contributed by atoms with Crippen LogP contribution in [0.5, 0.6) is 5.75 Å². The molecule has 0 saturated carbocycles. The molecule has 11 heteroatoms. The summed E-state index contributed by atoms with van der Waals surface area (Å²) < 4.78 is 11.1. The minimum absolute atomic E-state index is 0.0595. The van der Waals surface area contributed by atoms with Crippen molar-refractivity contribution < 1.29 is 29.0 Å². The predicted octanol–water partition coefficient (Wildman–Crippen LogP) is 4.99. The van der Waals surface area contributed by atoms with E-state index in [0.717, 1.165) is 0 Å². The van der Waals surface area contributed by atoms with Gasteiger partial charge in [-0.05, 0) is 50.6 Å². The number of hydrogen-bond donors (Lipinski definition) is 2. The van der Waals surface area contributed by atoms with Gasteiger partial charge in [0.05, 0.1) is 5.88 Å². The highest BCUT2D eigenvalue weighted by Crippen LogP contribution is 2.26. The molecule has 0 bridgehead atoms. The molecule has 2 aromatic rings. The third kappa shape index (κ3) is 7.69. The number of thioether (sulfide) groups is 1. The average Bonchev–Trinajstić information content (AvgIpc) is 3.28. The van der Waals surface area contributed by atoms with Crippen LogP contribution < -0.4 is 10.1 Å². The molecule has 2 aromatic carbocycles. The van der Waals surface area contributed by atoms with Crippen LogP contribution >= 0.6 is 35.0 Å². The molecule has 2 atom stereocenters. The molecule has 8 nitrogen and oxygen atoms in total. The zero-order chi connectivity index (χ0) is 26.5. The second-order valence-corrected chi connectivity index (χ2v) is 11.0. The topological polar surface area (TPSA) is 105 Å². The Kier molecular flexibility index (Phi) is 9.38. The summed E-state index contributed by atoms with van der Waals surface area (Å²) in [6.07, 6.45) is -0.544. The number of halogens is 2. The SMILES string of the molecule is CC(C)(C)OC(=O)N1CSC[C@H]1C(=O)N[C@@H](Cc1ccc(OCc2c(Cl)cccc2Cl)cc1)C(=O)O. The number of hydrogen-bond acceptors (Lipinski definition) is 6. The van der Waals surface area contributed by atoms with Crippen molar-refractivity contribution in [1.29, 1.82) is 0 Å². The number of amides is 2. The van der Waals surface area contributed by atoms with Crippen molar-refractivity contribution in [2.45, 2.75) is 51.5 Å². The van der Waals surface area contributed by atoms with E-state index in [-0.39, 0.29) is 13.0 Å². The fourth-order valence-electron chi connectivity index (χ4n) is 3.41. The lowest BCUT2D eigenvalue weighted by molar-refractivity contribution is -0.142. The van der Waals surface area contributed by atoms with E-state index in [9.17, 15) is 19.5 Å². The Morgan fingerprint density at radius 2 is 1.78 bits per heavy atom. The quantitative estimate of drug-likeness (QED) is 0.473. The van der Waals surface area contributed by atoms with Gasteiger partial charge in [0.2, 0.25) is 5.91 Å². The van der Waals surface area contributed by atoms with E-state index in [1.807, 2.05) is 0 Å². The van der Waals surface area contributed by atoms with E-state index < -0.39 is 35.7 Å². The van der Waals surface area contributed by atoms with Gasteiger partial charge in [-0.3, -0.25) is 9.69 Å². The first-order valence-corrected chi connectivity index (χ1v) is 13.1. The van der Waals surface area contributed by atoms with Crippen LogP contribution in [0.3, 0.4) is 0 Å². The van der Waals surface area contributed by atoms with Crippen molar-refractivity contribution >= 4 is 52.9 Å². The number of benzene rings is 2. The summed E-state index contributed by atoms with van der Waals surface area (Å²) in [5, 5.41) is 13.3. The molecule has 36 heavy (non-hydrogen) atoms. The molecule has 0 aliphatic carbocycles. The molecule has 0 aromatic heterocycles. The van der Waals surface area contributed by atoms with Crippen LogP contribution in [0.2, 0.25) is 10.0 Å². The number of carbonyl (C=O) groups is 3. The van der Waals surface area contributed by atoms with E-state index in [1.165, 1.54) is 16.7 Å². The van der Waals surface area contributed by atoms with Gasteiger partial charge in [0.15, 0.2) is 0 Å². The smallest absolute Gasteiger partial charge is 0.411 e. The first-order valence-electron chi connectivity index (χ1n) is 11.2. The molecule has 1 aliphatic heterocycles. The van der Waals surface area contributed by atoms with Crippen LogP contribution in [0.25, 0.3) is 0 Å². The Balaban J connectivity index is 1.60. The zero-order valence-corrected chi connectivity index (χ0v) is 22.5. The molecule has 3 rings (SSSR count). The Labute approximate surface area is 224 Å². The van der Waals surface area contributed by atoms with E-state index in [2.05, 4.69) is 5.32 Å². The lowest BCUT2D eigenvalue weighted by atomic mass is 10.1. The number of nitrogens with zero attached hydrogens (tertiary/aromatic N) is 1. The zero-order valence-electron chi connectivity index (χ0n) is 20.1. The molecule has 1 aliphatic rings. The maximum atomic E-state index is 12.9. The minimum atomic E-state index is -1.17. The fraction of sp³-hybridized carbons (Fsp3) is 0.400. The van der Waals surface area contributed by atoms with Gasteiger partial charge < -0.3 is 19.9 Å². The van der Waals surface area contributed by atoms with Crippen LogP contribution in [-0.4, -0.2) is 57.3 Å². The molecular weight excluding hydrogens is 527 g/mol. The lowest BCUT2D eigenvalue weighted by Crippen LogP contribution is -2.53. The fourth-order valence-corrected chi connectivity index (χ4v) is 5.06. The number of aliphatic carboxylic acids is 1. The Morgan fingerprint density at radius 3 is 2.36 bits per heavy atom. The summed E-state index contributed by atoms with van der Waals surface area (Å²) in [5.74, 6) is -0.493. The molecule has 2 N–H and O–H groups in total. The number of ether oxygens (including phenoxy) is 2. The monoisotopic (exact) mass is 554 g/mol. The standard InChI is InChI=1S/C25H28Cl2N2O6S/c1-25(2,3)35-24(33)29-14-36-13-21(29)22(30)28-20(23(31)32)11-15-7-9-16(10-8-15)34-12-17-18(26)5-4-6-19(17)27/h4-10,20-21H,11-14H2,1-3H3,(H,28,30)(H,31,32)/t20-,21-/m0/s1. The summed E-state index contributed by atoms with van der Waals surface area (Å²) >= 11 is 13.7. The first-order chi connectivity index (χ1) is 16.9. The summed E-state index contributed by atoms with van der Waals surface area (Å²) in [7, 11) is 0. The van der Waals surface area contributed by atoms with Gasteiger partial charge in [0.25, 0.3) is 0 Å². The molecule has 194 valence electrons. The second-order valence-electron chi connectivity index (χ2n) is 9.20. The van der Waals surface area contributed by atoms with Gasteiger partial charge in [-0.2, -0.15) is 0 Å². The summed E-state index contributed by atoms with van der Waals surface area (Å²) in [5.41, 5.74) is 0.657. The molecule has 1 fully saturated rings. The van der Waals surface area contributed by atoms with E-state index in [0.29, 0.717) is 38.6 Å². The van der Waals surface area contributed by atoms with Crippen molar-refractivity contribution in [3.63, 3.8) is 0 Å². The maximum Gasteiger partial charge on any atom is 0.411 e. The minimum Gasteiger partial charge on any atom is -0.489 e. The lowest BCUT2D eigenvalue weighted by Gasteiger charge is -2.28. The molecule has 0 spiro atoms. The summed E-state index contributed by atoms with van der Waals surface area (Å²) in [6.45, 7) is 5.41. The van der Waals surface area contributed by atoms with Gasteiger partial charge in [-0.25, -0.2) is 9.59 Å². The summed E-state index contributed by atoms with van der Waals surface area (Å²) in [4.78, 5) is 38.5. The Bertz CT molecular complexity index is 1090. The maximum absolute atomic E-state index is 12.9. The number of carboxylic acid groups (broad SMARTS) is 1. The first kappa shape index (κ1) is 28.0. The summed E-state index contributed by atoms with van der Waals surface area (Å²) in [6, 6.07) is 10.1. The van der Waals surface area contributed by atoms with Crippen molar-refractivity contribution in [3.05, 3.63) is 63.6 Å². The van der Waals surface area contributed by atoms with Crippen molar-refractivity contribution in [2.75, 3.05) is 11.6 Å². The van der Waals surface area contributed by atoms with Gasteiger partial charge in [-0.1, -0.05) is 41.4 Å². The highest BCUT2D eigenvalue weighted by molar-refractivity contribution is 7.99. The van der Waals surface area contributed by atoms with Crippen LogP contribution in [0.15, 0.2) is 42.5 Å². The Morgan fingerprint density at radius 1 is 1.14 bits per heavy atom. The van der Waals surface area contributed by atoms with Crippen molar-refractivity contribution in [3.8, 4) is 5.75 Å². The molecule has 0 radical (unpaired) electrons. The molecule has 1 heterocycles. The normalized spacial score (nSPS) is 16.4. The third-order valence-corrected chi connectivity index (χ3v) is 6.96. The van der Waals surface area contributed by atoms with Crippen LogP contribution in [0.4, 0.5) is 4.79 Å². The number of nitrogens with one attached hydrogen (secondary N) is 1. The average molecular weight is 555 g/mol. The van der Waals surface area contributed by atoms with Crippen molar-refractivity contribution in [2.24, 2.45) is 0 Å².